The third kappa shape index (κ3) is 4.34. The average Bonchev–Trinajstić information content (AvgIpc) is 2.44. The first-order chi connectivity index (χ1) is 9.66. The van der Waals surface area contributed by atoms with Crippen LogP contribution in [0.2, 0.25) is 0 Å². The molecule has 0 unspecified atom stereocenters. The van der Waals surface area contributed by atoms with Gasteiger partial charge in [-0.3, -0.25) is 4.79 Å². The quantitative estimate of drug-likeness (QED) is 0.837. The molecule has 1 N–H and O–H groups in total. The van der Waals surface area contributed by atoms with Crippen LogP contribution in [0.5, 0.6) is 0 Å². The zero-order chi connectivity index (χ0) is 14.4. The average molecular weight is 274 g/mol. The van der Waals surface area contributed by atoms with Gasteiger partial charge in [0.25, 0.3) is 5.91 Å². The maximum atomic E-state index is 12.1. The van der Waals surface area contributed by atoms with Gasteiger partial charge in [-0.2, -0.15) is 0 Å². The van der Waals surface area contributed by atoms with Crippen molar-refractivity contribution in [3.8, 4) is 0 Å². The fourth-order valence-electron chi connectivity index (χ4n) is 2.85. The number of rotatable bonds is 5. The molecular formula is C17H26N2O. The summed E-state index contributed by atoms with van der Waals surface area (Å²) in [4.78, 5) is 14.6. The van der Waals surface area contributed by atoms with E-state index >= 15 is 0 Å². The zero-order valence-electron chi connectivity index (χ0n) is 12.7. The molecule has 3 nitrogen and oxygen atoms in total. The summed E-state index contributed by atoms with van der Waals surface area (Å²) in [7, 11) is 0. The van der Waals surface area contributed by atoms with E-state index in [9.17, 15) is 4.79 Å². The molecule has 0 radical (unpaired) electrons. The minimum atomic E-state index is 0.0566. The van der Waals surface area contributed by atoms with Gasteiger partial charge in [-0.15, -0.1) is 0 Å². The van der Waals surface area contributed by atoms with Crippen LogP contribution in [-0.4, -0.2) is 37.0 Å². The highest BCUT2D eigenvalue weighted by Crippen LogP contribution is 2.11. The number of aryl methyl sites for hydroxylation is 2. The number of carbonyl (C=O) groups is 1. The number of amides is 1. The number of nitrogens with one attached hydrogen (secondary N) is 1. The van der Waals surface area contributed by atoms with E-state index in [-0.39, 0.29) is 5.91 Å². The van der Waals surface area contributed by atoms with Crippen LogP contribution >= 0.6 is 0 Å². The van der Waals surface area contributed by atoms with Gasteiger partial charge >= 0.3 is 0 Å². The molecular weight excluding hydrogens is 248 g/mol. The van der Waals surface area contributed by atoms with Crippen LogP contribution in [0.15, 0.2) is 18.2 Å². The largest absolute Gasteiger partial charge is 0.352 e. The van der Waals surface area contributed by atoms with Gasteiger partial charge in [-0.1, -0.05) is 24.1 Å². The number of hydrogen-bond donors (Lipinski definition) is 1. The van der Waals surface area contributed by atoms with Crippen LogP contribution in [0.4, 0.5) is 0 Å². The zero-order valence-corrected chi connectivity index (χ0v) is 12.7. The van der Waals surface area contributed by atoms with E-state index in [1.165, 1.54) is 37.9 Å². The number of piperidine rings is 1. The van der Waals surface area contributed by atoms with Crippen molar-refractivity contribution in [2.24, 2.45) is 0 Å². The molecule has 0 saturated carbocycles. The molecule has 0 spiro atoms. The number of benzene rings is 1. The molecule has 1 heterocycles. The standard InChI is InChI=1S/C17H26N2O/c1-14-7-8-16(15(2)13-14)17(20)18-9-6-12-19-10-4-3-5-11-19/h7-8,13H,3-6,9-12H2,1-2H3,(H,18,20). The van der Waals surface area contributed by atoms with Gasteiger partial charge < -0.3 is 10.2 Å². The van der Waals surface area contributed by atoms with Crippen LogP contribution in [0.1, 0.15) is 47.2 Å². The maximum Gasteiger partial charge on any atom is 0.251 e. The smallest absolute Gasteiger partial charge is 0.251 e. The number of likely N-dealkylation sites (tertiary alicyclic amines) is 1. The number of hydrogen-bond acceptors (Lipinski definition) is 2. The Morgan fingerprint density at radius 1 is 1.20 bits per heavy atom. The molecule has 1 aromatic rings. The van der Waals surface area contributed by atoms with E-state index in [0.717, 1.165) is 30.6 Å². The second-order valence-electron chi connectivity index (χ2n) is 5.83. The van der Waals surface area contributed by atoms with E-state index < -0.39 is 0 Å². The van der Waals surface area contributed by atoms with Gasteiger partial charge in [0.1, 0.15) is 0 Å². The first-order valence-corrected chi connectivity index (χ1v) is 7.74. The van der Waals surface area contributed by atoms with Crippen LogP contribution in [-0.2, 0) is 0 Å². The predicted molar refractivity (Wildman–Crippen MR) is 83.2 cm³/mol. The van der Waals surface area contributed by atoms with Crippen molar-refractivity contribution in [2.75, 3.05) is 26.2 Å². The van der Waals surface area contributed by atoms with E-state index in [4.69, 9.17) is 0 Å². The summed E-state index contributed by atoms with van der Waals surface area (Å²) < 4.78 is 0. The lowest BCUT2D eigenvalue weighted by Crippen LogP contribution is -2.33. The second-order valence-corrected chi connectivity index (χ2v) is 5.83. The lowest BCUT2D eigenvalue weighted by molar-refractivity contribution is 0.0950. The van der Waals surface area contributed by atoms with Gasteiger partial charge in [0, 0.05) is 12.1 Å². The maximum absolute atomic E-state index is 12.1. The lowest BCUT2D eigenvalue weighted by Gasteiger charge is -2.26. The Bertz CT molecular complexity index is 450. The van der Waals surface area contributed by atoms with Gasteiger partial charge in [0.15, 0.2) is 0 Å². The molecule has 1 aliphatic heterocycles. The molecule has 0 aliphatic carbocycles. The third-order valence-corrected chi connectivity index (χ3v) is 4.01. The molecule has 0 atom stereocenters. The molecule has 0 bridgehead atoms. The summed E-state index contributed by atoms with van der Waals surface area (Å²) in [5, 5.41) is 3.03. The van der Waals surface area contributed by atoms with Crippen LogP contribution in [0, 0.1) is 13.8 Å². The van der Waals surface area contributed by atoms with Crippen molar-refractivity contribution < 1.29 is 4.79 Å². The second kappa shape index (κ2) is 7.44. The molecule has 1 aromatic carbocycles. The summed E-state index contributed by atoms with van der Waals surface area (Å²) in [5.41, 5.74) is 3.05. The Kier molecular flexibility index (Phi) is 5.60. The normalized spacial score (nSPS) is 16.1. The summed E-state index contributed by atoms with van der Waals surface area (Å²) >= 11 is 0. The number of nitrogens with zero attached hydrogens (tertiary/aromatic N) is 1. The highest BCUT2D eigenvalue weighted by atomic mass is 16.1. The Morgan fingerprint density at radius 2 is 1.95 bits per heavy atom. The molecule has 2 rings (SSSR count). The van der Waals surface area contributed by atoms with Gasteiger partial charge in [0.2, 0.25) is 0 Å². The first-order valence-electron chi connectivity index (χ1n) is 7.74. The van der Waals surface area contributed by atoms with Crippen molar-refractivity contribution in [3.05, 3.63) is 34.9 Å². The molecule has 1 saturated heterocycles. The summed E-state index contributed by atoms with van der Waals surface area (Å²) in [6.07, 6.45) is 5.07. The van der Waals surface area contributed by atoms with Gasteiger partial charge in [-0.05, 0) is 64.4 Å². The minimum Gasteiger partial charge on any atom is -0.352 e. The van der Waals surface area contributed by atoms with Crippen molar-refractivity contribution in [1.82, 2.24) is 10.2 Å². The van der Waals surface area contributed by atoms with Crippen LogP contribution < -0.4 is 5.32 Å². The minimum absolute atomic E-state index is 0.0566. The van der Waals surface area contributed by atoms with Crippen LogP contribution in [0.25, 0.3) is 0 Å². The van der Waals surface area contributed by atoms with Crippen molar-refractivity contribution in [2.45, 2.75) is 39.5 Å². The fourth-order valence-corrected chi connectivity index (χ4v) is 2.85. The Morgan fingerprint density at radius 3 is 2.65 bits per heavy atom. The number of carbonyl (C=O) groups excluding carboxylic acids is 1. The fraction of sp³-hybridized carbons (Fsp3) is 0.588. The highest BCUT2D eigenvalue weighted by molar-refractivity contribution is 5.95. The van der Waals surface area contributed by atoms with Gasteiger partial charge in [-0.25, -0.2) is 0 Å². The van der Waals surface area contributed by atoms with Crippen molar-refractivity contribution in [1.29, 1.82) is 0 Å². The predicted octanol–water partition coefficient (Wildman–Crippen LogP) is 2.91. The molecule has 1 aliphatic rings. The summed E-state index contributed by atoms with van der Waals surface area (Å²) in [6, 6.07) is 5.98. The highest BCUT2D eigenvalue weighted by Gasteiger charge is 2.10. The van der Waals surface area contributed by atoms with Crippen LogP contribution in [0.3, 0.4) is 0 Å². The molecule has 0 aromatic heterocycles. The summed E-state index contributed by atoms with van der Waals surface area (Å²) in [5.74, 6) is 0.0566. The Balaban J connectivity index is 1.72. The first kappa shape index (κ1) is 15.0. The molecule has 110 valence electrons. The topological polar surface area (TPSA) is 32.3 Å². The lowest BCUT2D eigenvalue weighted by atomic mass is 10.1. The third-order valence-electron chi connectivity index (χ3n) is 4.01. The Labute approximate surface area is 122 Å². The van der Waals surface area contributed by atoms with E-state index in [2.05, 4.69) is 16.3 Å². The monoisotopic (exact) mass is 274 g/mol. The van der Waals surface area contributed by atoms with Gasteiger partial charge in [0.05, 0.1) is 0 Å². The SMILES string of the molecule is Cc1ccc(C(=O)NCCCN2CCCCC2)c(C)c1. The van der Waals surface area contributed by atoms with Crippen molar-refractivity contribution in [3.63, 3.8) is 0 Å². The molecule has 1 fully saturated rings. The Hall–Kier alpha value is -1.35. The molecule has 20 heavy (non-hydrogen) atoms. The summed E-state index contributed by atoms with van der Waals surface area (Å²) in [6.45, 7) is 8.37. The van der Waals surface area contributed by atoms with E-state index in [0.29, 0.717) is 0 Å². The molecule has 1 amide bonds. The van der Waals surface area contributed by atoms with E-state index in [1.54, 1.807) is 0 Å². The van der Waals surface area contributed by atoms with Crippen molar-refractivity contribution >= 4 is 5.91 Å². The molecule has 3 heteroatoms. The van der Waals surface area contributed by atoms with E-state index in [1.807, 2.05) is 26.0 Å².